The van der Waals surface area contributed by atoms with E-state index in [1.54, 1.807) is 9.47 Å². The Balaban J connectivity index is 1.13. The van der Waals surface area contributed by atoms with Crippen molar-refractivity contribution in [2.45, 2.75) is 56.3 Å². The van der Waals surface area contributed by atoms with Crippen LogP contribution in [0.25, 0.3) is 11.3 Å². The van der Waals surface area contributed by atoms with Crippen LogP contribution in [0.2, 0.25) is 0 Å². The third kappa shape index (κ3) is 8.02. The second-order valence-electron chi connectivity index (χ2n) is 13.1. The standard InChI is InChI=1S/C34H44Br2N8O3/c1-41-13-15-42(16-14-41)25-7-10-38-28(20-25)32(45)29(19-22-17-26(35)31(37)27(36)18-22)39-33(46)43-11-8-24(9-12-43)44-21-30(40-34(44)47)23-5-3-2-4-6-23/h2-6,17-18,21,24-25,28-29,38H,7-16,19-20,37H2,1H3,(H,39,46)(H,40,47)/t25?,28?,29-/m1/s1. The van der Waals surface area contributed by atoms with Crippen molar-refractivity contribution >= 4 is 49.4 Å². The average Bonchev–Trinajstić information content (AvgIpc) is 3.48. The number of urea groups is 1. The number of hydrogen-bond acceptors (Lipinski definition) is 7. The van der Waals surface area contributed by atoms with E-state index in [2.05, 4.69) is 64.3 Å². The third-order valence-corrected chi connectivity index (χ3v) is 11.3. The van der Waals surface area contributed by atoms with Crippen molar-refractivity contribution < 1.29 is 9.59 Å². The fourth-order valence-corrected chi connectivity index (χ4v) is 8.40. The number of piperidine rings is 2. The van der Waals surface area contributed by atoms with Crippen LogP contribution in [0, 0.1) is 0 Å². The number of carbonyl (C=O) groups excluding carboxylic acids is 2. The van der Waals surface area contributed by atoms with Gasteiger partial charge in [-0.3, -0.25) is 14.3 Å². The Bertz CT molecular complexity index is 1590. The SMILES string of the molecule is CN1CCN(C2CCNC(C(=O)[C@@H](Cc3cc(Br)c(N)c(Br)c3)NC(=O)N3CCC(n4cc(-c5ccccc5)[nH]c4=O)CC3)C2)CC1. The maximum atomic E-state index is 14.2. The van der Waals surface area contributed by atoms with Crippen LogP contribution in [0.1, 0.15) is 37.3 Å². The van der Waals surface area contributed by atoms with E-state index in [9.17, 15) is 14.4 Å². The summed E-state index contributed by atoms with van der Waals surface area (Å²) in [5.41, 5.74) is 9.22. The van der Waals surface area contributed by atoms with Crippen molar-refractivity contribution in [3.05, 3.63) is 73.7 Å². The molecule has 3 aromatic rings. The number of H-pyrrole nitrogens is 1. The topological polar surface area (TPSA) is 132 Å². The lowest BCUT2D eigenvalue weighted by Crippen LogP contribution is -2.59. The fourth-order valence-electron chi connectivity index (χ4n) is 7.12. The number of aromatic nitrogens is 2. The zero-order valence-corrected chi connectivity index (χ0v) is 29.9. The van der Waals surface area contributed by atoms with Crippen molar-refractivity contribution in [3.63, 3.8) is 0 Å². The Hall–Kier alpha value is -2.97. The Labute approximate surface area is 292 Å². The molecule has 3 fully saturated rings. The van der Waals surface area contributed by atoms with Gasteiger partial charge in [-0.1, -0.05) is 30.3 Å². The predicted octanol–water partition coefficient (Wildman–Crippen LogP) is 3.85. The van der Waals surface area contributed by atoms with Crippen LogP contribution in [0.5, 0.6) is 0 Å². The van der Waals surface area contributed by atoms with Crippen LogP contribution >= 0.6 is 31.9 Å². The second kappa shape index (κ2) is 15.1. The Kier molecular flexibility index (Phi) is 10.9. The summed E-state index contributed by atoms with van der Waals surface area (Å²) in [6.45, 7) is 5.83. The number of likely N-dealkylation sites (N-methyl/N-ethyl adjacent to an activating group) is 1. The third-order valence-electron chi connectivity index (χ3n) is 9.97. The number of rotatable bonds is 8. The van der Waals surface area contributed by atoms with E-state index in [0.29, 0.717) is 44.1 Å². The molecule has 3 aliphatic rings. The van der Waals surface area contributed by atoms with Gasteiger partial charge in [0.25, 0.3) is 0 Å². The fraction of sp³-hybridized carbons (Fsp3) is 0.500. The van der Waals surface area contributed by atoms with E-state index in [1.165, 1.54) is 0 Å². The molecule has 0 saturated carbocycles. The minimum absolute atomic E-state index is 0.00319. The van der Waals surface area contributed by atoms with E-state index in [-0.39, 0.29) is 29.6 Å². The molecule has 0 radical (unpaired) electrons. The lowest BCUT2D eigenvalue weighted by molar-refractivity contribution is -0.124. The molecule has 3 saturated heterocycles. The van der Waals surface area contributed by atoms with Gasteiger partial charge < -0.3 is 31.2 Å². The minimum atomic E-state index is -0.716. The molecule has 5 N–H and O–H groups in total. The van der Waals surface area contributed by atoms with Gasteiger partial charge >= 0.3 is 11.7 Å². The number of nitrogens with one attached hydrogen (secondary N) is 3. The number of anilines is 1. The lowest BCUT2D eigenvalue weighted by Gasteiger charge is -2.42. The maximum absolute atomic E-state index is 14.2. The molecule has 0 aliphatic carbocycles. The largest absolute Gasteiger partial charge is 0.397 e. The minimum Gasteiger partial charge on any atom is -0.397 e. The number of likely N-dealkylation sites (tertiary alicyclic amines) is 1. The number of hydrogen-bond donors (Lipinski definition) is 4. The molecule has 3 aliphatic heterocycles. The van der Waals surface area contributed by atoms with Gasteiger partial charge in [0.1, 0.15) is 0 Å². The Morgan fingerprint density at radius 3 is 2.34 bits per heavy atom. The molecule has 1 aromatic heterocycles. The molecule has 4 heterocycles. The van der Waals surface area contributed by atoms with Crippen LogP contribution in [-0.4, -0.2) is 107 Å². The van der Waals surface area contributed by atoms with E-state index in [4.69, 9.17) is 5.73 Å². The number of nitrogen functional groups attached to an aromatic ring is 1. The first-order valence-corrected chi connectivity index (χ1v) is 18.1. The highest BCUT2D eigenvalue weighted by Gasteiger charge is 2.36. The first-order valence-electron chi connectivity index (χ1n) is 16.5. The molecule has 2 unspecified atom stereocenters. The number of ketones is 1. The van der Waals surface area contributed by atoms with Gasteiger partial charge in [-0.05, 0) is 101 Å². The monoisotopic (exact) mass is 770 g/mol. The number of amides is 2. The van der Waals surface area contributed by atoms with E-state index in [0.717, 1.165) is 71.3 Å². The number of piperazine rings is 1. The summed E-state index contributed by atoms with van der Waals surface area (Å²) in [5, 5.41) is 6.58. The first-order chi connectivity index (χ1) is 22.7. The molecular formula is C34H44Br2N8O3. The summed E-state index contributed by atoms with van der Waals surface area (Å²) in [5.74, 6) is 0.00319. The quantitative estimate of drug-likeness (QED) is 0.256. The summed E-state index contributed by atoms with van der Waals surface area (Å²) in [4.78, 5) is 50.4. The van der Waals surface area contributed by atoms with E-state index in [1.807, 2.05) is 48.7 Å². The first kappa shape index (κ1) is 33.9. The zero-order chi connectivity index (χ0) is 33.1. The highest BCUT2D eigenvalue weighted by molar-refractivity contribution is 9.11. The normalized spacial score (nSPS) is 22.2. The number of imidazole rings is 1. The average molecular weight is 773 g/mol. The van der Waals surface area contributed by atoms with Gasteiger partial charge in [0, 0.05) is 66.5 Å². The molecule has 0 spiro atoms. The van der Waals surface area contributed by atoms with Gasteiger partial charge in [0.05, 0.1) is 23.5 Å². The zero-order valence-electron chi connectivity index (χ0n) is 26.8. The molecule has 0 bridgehead atoms. The van der Waals surface area contributed by atoms with Crippen molar-refractivity contribution in [3.8, 4) is 11.3 Å². The van der Waals surface area contributed by atoms with Crippen LogP contribution in [0.3, 0.4) is 0 Å². The highest BCUT2D eigenvalue weighted by atomic mass is 79.9. The van der Waals surface area contributed by atoms with Gasteiger partial charge in [-0.15, -0.1) is 0 Å². The van der Waals surface area contributed by atoms with Gasteiger partial charge in [0.2, 0.25) is 0 Å². The van der Waals surface area contributed by atoms with Crippen molar-refractivity contribution in [1.29, 1.82) is 0 Å². The van der Waals surface area contributed by atoms with E-state index < -0.39 is 6.04 Å². The number of carbonyl (C=O) groups is 2. The van der Waals surface area contributed by atoms with Crippen molar-refractivity contribution in [1.82, 2.24) is 34.9 Å². The summed E-state index contributed by atoms with van der Waals surface area (Å²) >= 11 is 7.06. The molecule has 13 heteroatoms. The number of halogens is 2. The summed E-state index contributed by atoms with van der Waals surface area (Å²) < 4.78 is 3.23. The predicted molar refractivity (Wildman–Crippen MR) is 192 cm³/mol. The molecule has 252 valence electrons. The molecule has 2 aromatic carbocycles. The van der Waals surface area contributed by atoms with Crippen molar-refractivity contribution in [2.75, 3.05) is 58.6 Å². The molecule has 6 rings (SSSR count). The van der Waals surface area contributed by atoms with Crippen LogP contribution < -0.4 is 22.1 Å². The van der Waals surface area contributed by atoms with Crippen LogP contribution in [-0.2, 0) is 11.2 Å². The summed E-state index contributed by atoms with van der Waals surface area (Å²) in [6, 6.07) is 12.6. The van der Waals surface area contributed by atoms with E-state index >= 15 is 0 Å². The number of nitrogens with two attached hydrogens (primary N) is 1. The summed E-state index contributed by atoms with van der Waals surface area (Å²) in [6.07, 6.45) is 5.25. The molecule has 47 heavy (non-hydrogen) atoms. The van der Waals surface area contributed by atoms with Crippen LogP contribution in [0.15, 0.2) is 62.4 Å². The Morgan fingerprint density at radius 2 is 1.66 bits per heavy atom. The maximum Gasteiger partial charge on any atom is 0.326 e. The smallest absolute Gasteiger partial charge is 0.326 e. The van der Waals surface area contributed by atoms with Crippen LogP contribution in [0.4, 0.5) is 10.5 Å². The van der Waals surface area contributed by atoms with Crippen molar-refractivity contribution in [2.24, 2.45) is 0 Å². The van der Waals surface area contributed by atoms with Gasteiger partial charge in [-0.2, -0.15) is 0 Å². The summed E-state index contributed by atoms with van der Waals surface area (Å²) in [7, 11) is 2.15. The second-order valence-corrected chi connectivity index (χ2v) is 14.8. The van der Waals surface area contributed by atoms with Gasteiger partial charge in [-0.25, -0.2) is 9.59 Å². The molecule has 2 amide bonds. The number of benzene rings is 2. The van der Waals surface area contributed by atoms with Gasteiger partial charge in [0.15, 0.2) is 5.78 Å². The Morgan fingerprint density at radius 1 is 0.979 bits per heavy atom. The molecule has 11 nitrogen and oxygen atoms in total. The number of aromatic amines is 1. The number of Topliss-reactive ketones (excluding diaryl/α,β-unsaturated/α-hetero) is 1. The highest BCUT2D eigenvalue weighted by Crippen LogP contribution is 2.31. The lowest BCUT2D eigenvalue weighted by atomic mass is 9.89. The molecule has 3 atom stereocenters. The number of nitrogens with zero attached hydrogens (tertiary/aromatic N) is 4. The molecular weight excluding hydrogens is 728 g/mol.